The predicted molar refractivity (Wildman–Crippen MR) is 79.6 cm³/mol. The van der Waals surface area contributed by atoms with Crippen LogP contribution in [0, 0.1) is 6.92 Å². The van der Waals surface area contributed by atoms with Crippen molar-refractivity contribution in [3.05, 3.63) is 52.1 Å². The number of halogens is 1. The number of aryl methyl sites for hydroxylation is 1. The summed E-state index contributed by atoms with van der Waals surface area (Å²) in [5, 5.41) is 3.40. The fourth-order valence-corrected chi connectivity index (χ4v) is 2.21. The Morgan fingerprint density at radius 1 is 1.28 bits per heavy atom. The second kappa shape index (κ2) is 5.40. The highest BCUT2D eigenvalue weighted by Crippen LogP contribution is 2.22. The molecule has 0 saturated carbocycles. The number of nitrogen functional groups attached to an aromatic ring is 1. The first kappa shape index (κ1) is 12.9. The molecule has 0 amide bonds. The number of aromatic nitrogens is 1. The molecule has 2 rings (SSSR count). The van der Waals surface area contributed by atoms with Crippen molar-refractivity contribution >= 4 is 27.4 Å². The van der Waals surface area contributed by atoms with Crippen LogP contribution in [0.5, 0.6) is 0 Å². The molecule has 2 aromatic rings. The van der Waals surface area contributed by atoms with Crippen LogP contribution in [0.4, 0.5) is 11.5 Å². The molecule has 1 unspecified atom stereocenters. The summed E-state index contributed by atoms with van der Waals surface area (Å²) in [5.41, 5.74) is 8.77. The first-order valence-corrected chi connectivity index (χ1v) is 6.59. The van der Waals surface area contributed by atoms with Gasteiger partial charge in [0, 0.05) is 22.4 Å². The Hall–Kier alpha value is -1.55. The predicted octanol–water partition coefficient (Wildman–Crippen LogP) is 3.91. The average molecular weight is 306 g/mol. The van der Waals surface area contributed by atoms with E-state index in [-0.39, 0.29) is 6.04 Å². The average Bonchev–Trinajstić information content (AvgIpc) is 2.33. The maximum absolute atomic E-state index is 5.68. The highest BCUT2D eigenvalue weighted by atomic mass is 79.9. The van der Waals surface area contributed by atoms with E-state index in [2.05, 4.69) is 33.2 Å². The Bertz CT molecular complexity index is 537. The molecular formula is C14H16BrN3. The van der Waals surface area contributed by atoms with E-state index in [0.717, 1.165) is 21.5 Å². The van der Waals surface area contributed by atoms with Crippen molar-refractivity contribution in [3.63, 3.8) is 0 Å². The van der Waals surface area contributed by atoms with E-state index in [1.54, 1.807) is 6.20 Å². The molecule has 0 spiro atoms. The molecule has 3 N–H and O–H groups in total. The molecule has 0 bridgehead atoms. The monoisotopic (exact) mass is 305 g/mol. The molecule has 4 heteroatoms. The van der Waals surface area contributed by atoms with Crippen LogP contribution in [0.3, 0.4) is 0 Å². The van der Waals surface area contributed by atoms with Crippen molar-refractivity contribution < 1.29 is 0 Å². The molecule has 0 aliphatic rings. The minimum absolute atomic E-state index is 0.193. The Balaban J connectivity index is 2.15. The van der Waals surface area contributed by atoms with E-state index < -0.39 is 0 Å². The van der Waals surface area contributed by atoms with Crippen molar-refractivity contribution in [1.82, 2.24) is 4.98 Å². The van der Waals surface area contributed by atoms with Gasteiger partial charge in [-0.3, -0.25) is 0 Å². The number of hydrogen-bond donors (Lipinski definition) is 2. The SMILES string of the molecule is Cc1cc(Br)cnc1NC(C)c1ccc(N)cc1. The van der Waals surface area contributed by atoms with E-state index in [1.807, 2.05) is 37.3 Å². The summed E-state index contributed by atoms with van der Waals surface area (Å²) in [4.78, 5) is 4.38. The summed E-state index contributed by atoms with van der Waals surface area (Å²) in [6.07, 6.45) is 1.80. The summed E-state index contributed by atoms with van der Waals surface area (Å²) in [6, 6.07) is 10.1. The van der Waals surface area contributed by atoms with E-state index in [4.69, 9.17) is 5.73 Å². The molecule has 0 fully saturated rings. The quantitative estimate of drug-likeness (QED) is 0.845. The number of pyridine rings is 1. The van der Waals surface area contributed by atoms with Crippen LogP contribution in [-0.4, -0.2) is 4.98 Å². The molecule has 1 aromatic carbocycles. The Labute approximate surface area is 116 Å². The molecule has 0 radical (unpaired) electrons. The van der Waals surface area contributed by atoms with Crippen LogP contribution < -0.4 is 11.1 Å². The summed E-state index contributed by atoms with van der Waals surface area (Å²) in [7, 11) is 0. The van der Waals surface area contributed by atoms with Gasteiger partial charge in [-0.15, -0.1) is 0 Å². The highest BCUT2D eigenvalue weighted by Gasteiger charge is 2.07. The molecule has 0 aliphatic carbocycles. The van der Waals surface area contributed by atoms with Gasteiger partial charge in [0.2, 0.25) is 0 Å². The van der Waals surface area contributed by atoms with Crippen molar-refractivity contribution in [2.24, 2.45) is 0 Å². The smallest absolute Gasteiger partial charge is 0.129 e. The van der Waals surface area contributed by atoms with Gasteiger partial charge in [0.05, 0.1) is 0 Å². The first-order valence-electron chi connectivity index (χ1n) is 5.80. The van der Waals surface area contributed by atoms with Crippen molar-refractivity contribution in [1.29, 1.82) is 0 Å². The number of hydrogen-bond acceptors (Lipinski definition) is 3. The van der Waals surface area contributed by atoms with E-state index >= 15 is 0 Å². The molecule has 0 saturated heterocycles. The van der Waals surface area contributed by atoms with Crippen molar-refractivity contribution in [2.75, 3.05) is 11.1 Å². The summed E-state index contributed by atoms with van der Waals surface area (Å²) in [5.74, 6) is 0.905. The lowest BCUT2D eigenvalue weighted by Gasteiger charge is -2.16. The van der Waals surface area contributed by atoms with Crippen LogP contribution in [0.1, 0.15) is 24.1 Å². The van der Waals surface area contributed by atoms with Gasteiger partial charge in [-0.05, 0) is 59.1 Å². The van der Waals surface area contributed by atoms with Gasteiger partial charge in [0.25, 0.3) is 0 Å². The van der Waals surface area contributed by atoms with Crippen molar-refractivity contribution in [3.8, 4) is 0 Å². The fraction of sp³-hybridized carbons (Fsp3) is 0.214. The van der Waals surface area contributed by atoms with Crippen LogP contribution in [0.25, 0.3) is 0 Å². The maximum atomic E-state index is 5.68. The van der Waals surface area contributed by atoms with Crippen LogP contribution in [0.15, 0.2) is 41.0 Å². The van der Waals surface area contributed by atoms with Gasteiger partial charge >= 0.3 is 0 Å². The molecule has 94 valence electrons. The lowest BCUT2D eigenvalue weighted by atomic mass is 10.1. The number of benzene rings is 1. The van der Waals surface area contributed by atoms with Gasteiger partial charge < -0.3 is 11.1 Å². The van der Waals surface area contributed by atoms with Crippen molar-refractivity contribution in [2.45, 2.75) is 19.9 Å². The van der Waals surface area contributed by atoms with Gasteiger partial charge in [0.15, 0.2) is 0 Å². The van der Waals surface area contributed by atoms with Crippen LogP contribution in [0.2, 0.25) is 0 Å². The largest absolute Gasteiger partial charge is 0.399 e. The Morgan fingerprint density at radius 2 is 1.94 bits per heavy atom. The number of anilines is 2. The molecule has 1 heterocycles. The second-order valence-electron chi connectivity index (χ2n) is 4.35. The van der Waals surface area contributed by atoms with E-state index in [1.165, 1.54) is 5.56 Å². The third kappa shape index (κ3) is 3.01. The normalized spacial score (nSPS) is 12.2. The van der Waals surface area contributed by atoms with Gasteiger partial charge in [0.1, 0.15) is 5.82 Å². The van der Waals surface area contributed by atoms with Gasteiger partial charge in [-0.1, -0.05) is 12.1 Å². The van der Waals surface area contributed by atoms with Crippen LogP contribution >= 0.6 is 15.9 Å². The molecule has 1 atom stereocenters. The molecule has 3 nitrogen and oxygen atoms in total. The second-order valence-corrected chi connectivity index (χ2v) is 5.27. The van der Waals surface area contributed by atoms with E-state index in [9.17, 15) is 0 Å². The zero-order valence-corrected chi connectivity index (χ0v) is 12.0. The lowest BCUT2D eigenvalue weighted by Crippen LogP contribution is -2.09. The van der Waals surface area contributed by atoms with Gasteiger partial charge in [-0.25, -0.2) is 4.98 Å². The number of nitrogens with one attached hydrogen (secondary N) is 1. The summed E-state index contributed by atoms with van der Waals surface area (Å²) < 4.78 is 0.991. The Morgan fingerprint density at radius 3 is 2.56 bits per heavy atom. The molecule has 0 aliphatic heterocycles. The lowest BCUT2D eigenvalue weighted by molar-refractivity contribution is 0.871. The van der Waals surface area contributed by atoms with Gasteiger partial charge in [-0.2, -0.15) is 0 Å². The molecule has 1 aromatic heterocycles. The zero-order valence-electron chi connectivity index (χ0n) is 10.4. The minimum Gasteiger partial charge on any atom is -0.399 e. The third-order valence-corrected chi connectivity index (χ3v) is 3.27. The minimum atomic E-state index is 0.193. The number of nitrogens with zero attached hydrogens (tertiary/aromatic N) is 1. The third-order valence-electron chi connectivity index (χ3n) is 2.83. The fourth-order valence-electron chi connectivity index (χ4n) is 1.76. The zero-order chi connectivity index (χ0) is 13.1. The molecular weight excluding hydrogens is 290 g/mol. The standard InChI is InChI=1S/C14H16BrN3/c1-9-7-12(15)8-17-14(9)18-10(2)11-3-5-13(16)6-4-11/h3-8,10H,16H2,1-2H3,(H,17,18). The topological polar surface area (TPSA) is 50.9 Å². The number of nitrogens with two attached hydrogens (primary N) is 1. The highest BCUT2D eigenvalue weighted by molar-refractivity contribution is 9.10. The maximum Gasteiger partial charge on any atom is 0.129 e. The van der Waals surface area contributed by atoms with Crippen LogP contribution in [-0.2, 0) is 0 Å². The first-order chi connectivity index (χ1) is 8.56. The number of rotatable bonds is 3. The summed E-state index contributed by atoms with van der Waals surface area (Å²) >= 11 is 3.41. The summed E-state index contributed by atoms with van der Waals surface area (Å²) in [6.45, 7) is 4.14. The molecule has 18 heavy (non-hydrogen) atoms. The van der Waals surface area contributed by atoms with E-state index in [0.29, 0.717) is 0 Å². The Kier molecular flexibility index (Phi) is 3.87.